The first kappa shape index (κ1) is 16.9. The van der Waals surface area contributed by atoms with Gasteiger partial charge in [-0.2, -0.15) is 0 Å². The van der Waals surface area contributed by atoms with Crippen molar-refractivity contribution in [2.45, 2.75) is 20.0 Å². The number of nitrogens with zero attached hydrogens (tertiary/aromatic N) is 4. The van der Waals surface area contributed by atoms with Crippen LogP contribution in [0.15, 0.2) is 6.07 Å². The van der Waals surface area contributed by atoms with Crippen molar-refractivity contribution < 1.29 is 9.53 Å². The number of halogens is 1. The Hall–Kier alpha value is -1.44. The van der Waals surface area contributed by atoms with Gasteiger partial charge in [0.05, 0.1) is 18.3 Å². The van der Waals surface area contributed by atoms with Crippen molar-refractivity contribution in [3.63, 3.8) is 0 Å². The molecule has 1 saturated heterocycles. The Bertz CT molecular complexity index is 518. The lowest BCUT2D eigenvalue weighted by Gasteiger charge is -2.35. The van der Waals surface area contributed by atoms with Gasteiger partial charge in [0.1, 0.15) is 0 Å². The molecule has 0 bridgehead atoms. The molecule has 2 rings (SSSR count). The molecule has 1 aromatic heterocycles. The number of piperazine rings is 1. The van der Waals surface area contributed by atoms with Gasteiger partial charge in [0.25, 0.3) is 5.91 Å². The summed E-state index contributed by atoms with van der Waals surface area (Å²) in [5, 5.41) is 8.02. The van der Waals surface area contributed by atoms with E-state index < -0.39 is 5.91 Å². The molecule has 1 aliphatic heterocycles. The van der Waals surface area contributed by atoms with Crippen LogP contribution < -0.4 is 10.6 Å². The second-order valence-electron chi connectivity index (χ2n) is 5.52. The van der Waals surface area contributed by atoms with E-state index in [2.05, 4.69) is 15.1 Å². The number of hydrogen-bond donors (Lipinski definition) is 1. The lowest BCUT2D eigenvalue weighted by molar-refractivity contribution is 0.0578. The number of primary amides is 1. The minimum Gasteiger partial charge on any atom is -0.377 e. The van der Waals surface area contributed by atoms with Gasteiger partial charge in [-0.3, -0.25) is 9.69 Å². The molecule has 1 aliphatic rings. The summed E-state index contributed by atoms with van der Waals surface area (Å²) in [5.74, 6) is -0.0328. The van der Waals surface area contributed by atoms with Crippen LogP contribution in [0, 0.1) is 0 Å². The summed E-state index contributed by atoms with van der Waals surface area (Å²) in [6.45, 7) is 8.97. The first-order valence-corrected chi connectivity index (χ1v) is 7.77. The van der Waals surface area contributed by atoms with Crippen LogP contribution in [0.4, 0.5) is 5.82 Å². The predicted molar refractivity (Wildman–Crippen MR) is 85.3 cm³/mol. The second kappa shape index (κ2) is 7.71. The van der Waals surface area contributed by atoms with Gasteiger partial charge in [0.15, 0.2) is 11.0 Å². The molecule has 7 nitrogen and oxygen atoms in total. The highest BCUT2D eigenvalue weighted by Gasteiger charge is 2.22. The molecule has 1 aromatic rings. The maximum Gasteiger partial charge on any atom is 0.252 e. The molecular formula is C14H22ClN5O2. The minimum atomic E-state index is -0.542. The Kier molecular flexibility index (Phi) is 5.93. The van der Waals surface area contributed by atoms with Crippen LogP contribution in [0.5, 0.6) is 0 Å². The Morgan fingerprint density at radius 2 is 2.05 bits per heavy atom. The maximum absolute atomic E-state index is 11.5. The van der Waals surface area contributed by atoms with Gasteiger partial charge in [-0.15, -0.1) is 10.2 Å². The summed E-state index contributed by atoms with van der Waals surface area (Å²) in [5.41, 5.74) is 5.71. The van der Waals surface area contributed by atoms with E-state index in [0.717, 1.165) is 39.3 Å². The second-order valence-corrected chi connectivity index (χ2v) is 5.90. The Balaban J connectivity index is 1.93. The molecule has 0 radical (unpaired) electrons. The van der Waals surface area contributed by atoms with Crippen molar-refractivity contribution in [1.82, 2.24) is 15.1 Å². The summed E-state index contributed by atoms with van der Waals surface area (Å²) in [7, 11) is 0. The highest BCUT2D eigenvalue weighted by molar-refractivity contribution is 6.29. The lowest BCUT2D eigenvalue weighted by Crippen LogP contribution is -2.48. The molecule has 2 N–H and O–H groups in total. The Morgan fingerprint density at radius 1 is 1.36 bits per heavy atom. The predicted octanol–water partition coefficient (Wildman–Crippen LogP) is 0.776. The zero-order chi connectivity index (χ0) is 16.1. The van der Waals surface area contributed by atoms with Crippen LogP contribution in [-0.4, -0.2) is 66.4 Å². The highest BCUT2D eigenvalue weighted by Crippen LogP contribution is 2.20. The number of hydrogen-bond acceptors (Lipinski definition) is 6. The molecule has 0 unspecified atom stereocenters. The summed E-state index contributed by atoms with van der Waals surface area (Å²) in [6.07, 6.45) is 0.253. The minimum absolute atomic E-state index is 0.169. The third-order valence-corrected chi connectivity index (χ3v) is 3.73. The van der Waals surface area contributed by atoms with E-state index in [0.29, 0.717) is 11.4 Å². The normalized spacial score (nSPS) is 16.3. The fourth-order valence-electron chi connectivity index (χ4n) is 2.38. The molecule has 0 atom stereocenters. The van der Waals surface area contributed by atoms with E-state index in [-0.39, 0.29) is 11.3 Å². The third-order valence-electron chi connectivity index (χ3n) is 3.54. The molecule has 1 amide bonds. The first-order chi connectivity index (χ1) is 10.5. The molecule has 22 heavy (non-hydrogen) atoms. The van der Waals surface area contributed by atoms with Gasteiger partial charge in [0.2, 0.25) is 0 Å². The van der Waals surface area contributed by atoms with E-state index in [9.17, 15) is 4.79 Å². The molecule has 2 heterocycles. The summed E-state index contributed by atoms with van der Waals surface area (Å²) in [6, 6.07) is 1.47. The Morgan fingerprint density at radius 3 is 2.64 bits per heavy atom. The van der Waals surface area contributed by atoms with Crippen molar-refractivity contribution in [3.8, 4) is 0 Å². The lowest BCUT2D eigenvalue weighted by atomic mass is 10.2. The number of aromatic nitrogens is 2. The van der Waals surface area contributed by atoms with Crippen LogP contribution in [0.1, 0.15) is 24.2 Å². The van der Waals surface area contributed by atoms with Crippen molar-refractivity contribution in [1.29, 1.82) is 0 Å². The van der Waals surface area contributed by atoms with E-state index in [1.54, 1.807) is 0 Å². The van der Waals surface area contributed by atoms with E-state index in [1.165, 1.54) is 6.07 Å². The van der Waals surface area contributed by atoms with Gasteiger partial charge >= 0.3 is 0 Å². The zero-order valence-electron chi connectivity index (χ0n) is 13.0. The van der Waals surface area contributed by atoms with Crippen molar-refractivity contribution in [3.05, 3.63) is 16.8 Å². The molecule has 0 saturated carbocycles. The van der Waals surface area contributed by atoms with Gasteiger partial charge in [0, 0.05) is 32.7 Å². The average Bonchev–Trinajstić information content (AvgIpc) is 2.47. The standard InChI is InChI=1S/C14H22ClN5O2/c1-10(2)22-8-7-19-3-5-20(6-4-19)14-11(13(16)21)9-12(15)17-18-14/h9-10H,3-8H2,1-2H3,(H2,16,21). The zero-order valence-corrected chi connectivity index (χ0v) is 13.7. The number of ether oxygens (including phenoxy) is 1. The summed E-state index contributed by atoms with van der Waals surface area (Å²) < 4.78 is 5.57. The van der Waals surface area contributed by atoms with Gasteiger partial charge < -0.3 is 15.4 Å². The fourth-order valence-corrected chi connectivity index (χ4v) is 2.52. The van der Waals surface area contributed by atoms with Crippen LogP contribution in [-0.2, 0) is 4.74 Å². The van der Waals surface area contributed by atoms with Gasteiger partial charge in [-0.25, -0.2) is 0 Å². The van der Waals surface area contributed by atoms with Crippen molar-refractivity contribution in [2.24, 2.45) is 5.73 Å². The number of amides is 1. The molecule has 122 valence electrons. The number of anilines is 1. The smallest absolute Gasteiger partial charge is 0.252 e. The molecule has 0 aliphatic carbocycles. The van der Waals surface area contributed by atoms with Crippen LogP contribution in [0.2, 0.25) is 5.15 Å². The highest BCUT2D eigenvalue weighted by atomic mass is 35.5. The maximum atomic E-state index is 11.5. The average molecular weight is 328 g/mol. The van der Waals surface area contributed by atoms with E-state index in [1.807, 2.05) is 18.7 Å². The number of carbonyl (C=O) groups is 1. The largest absolute Gasteiger partial charge is 0.377 e. The first-order valence-electron chi connectivity index (χ1n) is 7.39. The Labute approximate surface area is 135 Å². The number of rotatable bonds is 6. The molecule has 8 heteroatoms. The third kappa shape index (κ3) is 4.53. The SMILES string of the molecule is CC(C)OCCN1CCN(c2nnc(Cl)cc2C(N)=O)CC1. The van der Waals surface area contributed by atoms with Crippen LogP contribution >= 0.6 is 11.6 Å². The summed E-state index contributed by atoms with van der Waals surface area (Å²) in [4.78, 5) is 15.9. The topological polar surface area (TPSA) is 84.6 Å². The van der Waals surface area contributed by atoms with E-state index >= 15 is 0 Å². The van der Waals surface area contributed by atoms with Crippen LogP contribution in [0.3, 0.4) is 0 Å². The molecule has 0 spiro atoms. The van der Waals surface area contributed by atoms with E-state index in [4.69, 9.17) is 22.1 Å². The number of carbonyl (C=O) groups excluding carboxylic acids is 1. The van der Waals surface area contributed by atoms with Crippen molar-refractivity contribution in [2.75, 3.05) is 44.2 Å². The molecular weight excluding hydrogens is 306 g/mol. The van der Waals surface area contributed by atoms with Crippen molar-refractivity contribution >= 4 is 23.3 Å². The molecule has 0 aromatic carbocycles. The molecule has 1 fully saturated rings. The van der Waals surface area contributed by atoms with Gasteiger partial charge in [-0.1, -0.05) is 11.6 Å². The van der Waals surface area contributed by atoms with Gasteiger partial charge in [-0.05, 0) is 19.9 Å². The summed E-state index contributed by atoms with van der Waals surface area (Å²) >= 11 is 5.78. The monoisotopic (exact) mass is 327 g/mol. The quantitative estimate of drug-likeness (QED) is 0.831. The van der Waals surface area contributed by atoms with Crippen LogP contribution in [0.25, 0.3) is 0 Å². The fraction of sp³-hybridized carbons (Fsp3) is 0.643. The number of nitrogens with two attached hydrogens (primary N) is 1.